The summed E-state index contributed by atoms with van der Waals surface area (Å²) in [5.41, 5.74) is 1.97. The topological polar surface area (TPSA) is 56.0 Å². The van der Waals surface area contributed by atoms with Crippen molar-refractivity contribution in [3.05, 3.63) is 35.4 Å². The van der Waals surface area contributed by atoms with Crippen molar-refractivity contribution in [1.29, 1.82) is 5.26 Å². The minimum Gasteiger partial charge on any atom is -0.396 e. The largest absolute Gasteiger partial charge is 0.396 e. The number of hydrogen-bond acceptors (Lipinski definition) is 3. The number of nitriles is 1. The van der Waals surface area contributed by atoms with Gasteiger partial charge in [-0.15, -0.1) is 0 Å². The fraction of sp³-hybridized carbons (Fsp3) is 0.500. The number of benzene rings is 1. The quantitative estimate of drug-likeness (QED) is 0.789. The maximum atomic E-state index is 8.92. The van der Waals surface area contributed by atoms with E-state index in [9.17, 15) is 0 Å². The molecule has 0 fully saturated rings. The van der Waals surface area contributed by atoms with E-state index in [-0.39, 0.29) is 12.0 Å². The molecule has 0 saturated carbocycles. The summed E-state index contributed by atoms with van der Waals surface area (Å²) in [6, 6.07) is 9.69. The molecule has 3 heteroatoms. The summed E-state index contributed by atoms with van der Waals surface area (Å²) in [6.07, 6.45) is 0.799. The zero-order valence-electron chi connectivity index (χ0n) is 10.5. The van der Waals surface area contributed by atoms with Crippen LogP contribution in [0.3, 0.4) is 0 Å². The van der Waals surface area contributed by atoms with E-state index in [0.29, 0.717) is 5.56 Å². The summed E-state index contributed by atoms with van der Waals surface area (Å²) in [7, 11) is 0. The Bertz CT molecular complexity index is 376. The van der Waals surface area contributed by atoms with Crippen LogP contribution in [-0.4, -0.2) is 18.3 Å². The second-order valence-electron chi connectivity index (χ2n) is 5.05. The molecule has 1 aromatic rings. The minimum atomic E-state index is 0.112. The van der Waals surface area contributed by atoms with Gasteiger partial charge in [0.15, 0.2) is 0 Å². The van der Waals surface area contributed by atoms with Gasteiger partial charge in [-0.05, 0) is 29.5 Å². The number of hydrogen-bond donors (Lipinski definition) is 2. The normalized spacial score (nSPS) is 11.2. The Labute approximate surface area is 103 Å². The third-order valence-electron chi connectivity index (χ3n) is 2.80. The Morgan fingerprint density at radius 2 is 1.94 bits per heavy atom. The lowest BCUT2D eigenvalue weighted by atomic mass is 9.90. The van der Waals surface area contributed by atoms with Gasteiger partial charge in [0.1, 0.15) is 0 Å². The molecule has 0 heterocycles. The van der Waals surface area contributed by atoms with Crippen LogP contribution in [0.5, 0.6) is 0 Å². The number of nitrogens with zero attached hydrogens (tertiary/aromatic N) is 1. The van der Waals surface area contributed by atoms with Gasteiger partial charge < -0.3 is 10.4 Å². The smallest absolute Gasteiger partial charge is 0.0991 e. The lowest BCUT2D eigenvalue weighted by molar-refractivity contribution is 0.207. The standard InChI is InChI=1S/C14H20N2O/c1-14(2,7-8-17)11-16-10-13-5-3-12(9-15)4-6-13/h3-6,16-17H,7-8,10-11H2,1-2H3. The van der Waals surface area contributed by atoms with Gasteiger partial charge in [-0.1, -0.05) is 26.0 Å². The summed E-state index contributed by atoms with van der Waals surface area (Å²) < 4.78 is 0. The van der Waals surface area contributed by atoms with E-state index in [1.807, 2.05) is 24.3 Å². The van der Waals surface area contributed by atoms with Gasteiger partial charge in [0.25, 0.3) is 0 Å². The molecule has 0 unspecified atom stereocenters. The van der Waals surface area contributed by atoms with E-state index < -0.39 is 0 Å². The summed E-state index contributed by atoms with van der Waals surface area (Å²) in [4.78, 5) is 0. The van der Waals surface area contributed by atoms with Crippen LogP contribution >= 0.6 is 0 Å². The molecule has 0 aromatic heterocycles. The van der Waals surface area contributed by atoms with Gasteiger partial charge in [0.05, 0.1) is 11.6 Å². The van der Waals surface area contributed by atoms with Gasteiger partial charge in [-0.2, -0.15) is 5.26 Å². The van der Waals surface area contributed by atoms with Crippen molar-refractivity contribution in [2.45, 2.75) is 26.8 Å². The lowest BCUT2D eigenvalue weighted by Crippen LogP contribution is -2.29. The highest BCUT2D eigenvalue weighted by Gasteiger charge is 2.15. The Morgan fingerprint density at radius 3 is 2.47 bits per heavy atom. The van der Waals surface area contributed by atoms with Crippen molar-refractivity contribution in [3.63, 3.8) is 0 Å². The van der Waals surface area contributed by atoms with Crippen LogP contribution in [0, 0.1) is 16.7 Å². The van der Waals surface area contributed by atoms with Gasteiger partial charge in [-0.3, -0.25) is 0 Å². The fourth-order valence-corrected chi connectivity index (χ4v) is 1.63. The lowest BCUT2D eigenvalue weighted by Gasteiger charge is -2.23. The Kier molecular flexibility index (Phi) is 5.14. The summed E-state index contributed by atoms with van der Waals surface area (Å²) in [6.45, 7) is 6.16. The first-order valence-corrected chi connectivity index (χ1v) is 5.88. The second kappa shape index (κ2) is 6.39. The van der Waals surface area contributed by atoms with Gasteiger partial charge >= 0.3 is 0 Å². The number of aliphatic hydroxyl groups is 1. The molecule has 92 valence electrons. The highest BCUT2D eigenvalue weighted by atomic mass is 16.3. The van der Waals surface area contributed by atoms with Crippen LogP contribution in [0.1, 0.15) is 31.4 Å². The molecular formula is C14H20N2O. The molecule has 17 heavy (non-hydrogen) atoms. The molecule has 0 radical (unpaired) electrons. The van der Waals surface area contributed by atoms with Crippen molar-refractivity contribution in [1.82, 2.24) is 5.32 Å². The maximum Gasteiger partial charge on any atom is 0.0991 e. The Hall–Kier alpha value is -1.37. The van der Waals surface area contributed by atoms with Crippen LogP contribution in [0.25, 0.3) is 0 Å². The third-order valence-corrected chi connectivity index (χ3v) is 2.80. The minimum absolute atomic E-state index is 0.112. The van der Waals surface area contributed by atoms with Crippen molar-refractivity contribution in [2.24, 2.45) is 5.41 Å². The van der Waals surface area contributed by atoms with Crippen LogP contribution in [-0.2, 0) is 6.54 Å². The maximum absolute atomic E-state index is 8.92. The van der Waals surface area contributed by atoms with Crippen molar-refractivity contribution < 1.29 is 5.11 Å². The summed E-state index contributed by atoms with van der Waals surface area (Å²) in [5.74, 6) is 0. The highest BCUT2D eigenvalue weighted by Crippen LogP contribution is 2.18. The average Bonchev–Trinajstić information content (AvgIpc) is 2.29. The van der Waals surface area contributed by atoms with Gasteiger partial charge in [0.2, 0.25) is 0 Å². The van der Waals surface area contributed by atoms with E-state index in [1.54, 1.807) is 0 Å². The second-order valence-corrected chi connectivity index (χ2v) is 5.05. The SMILES string of the molecule is CC(C)(CCO)CNCc1ccc(C#N)cc1. The fourth-order valence-electron chi connectivity index (χ4n) is 1.63. The van der Waals surface area contributed by atoms with Crippen LogP contribution in [0.4, 0.5) is 0 Å². The van der Waals surface area contributed by atoms with Gasteiger partial charge in [-0.25, -0.2) is 0 Å². The molecule has 1 aromatic carbocycles. The Balaban J connectivity index is 2.38. The first-order chi connectivity index (χ1) is 8.07. The predicted octanol–water partition coefficient (Wildman–Crippen LogP) is 2.06. The van der Waals surface area contributed by atoms with E-state index in [0.717, 1.165) is 19.5 Å². The van der Waals surface area contributed by atoms with E-state index in [1.165, 1.54) is 5.56 Å². The molecule has 0 saturated heterocycles. The van der Waals surface area contributed by atoms with Crippen molar-refractivity contribution in [3.8, 4) is 6.07 Å². The van der Waals surface area contributed by atoms with Gasteiger partial charge in [0, 0.05) is 19.7 Å². The molecule has 1 rings (SSSR count). The Morgan fingerprint density at radius 1 is 1.29 bits per heavy atom. The molecule has 0 bridgehead atoms. The number of nitrogens with one attached hydrogen (secondary N) is 1. The average molecular weight is 232 g/mol. The molecule has 0 aliphatic carbocycles. The summed E-state index contributed by atoms with van der Waals surface area (Å²) >= 11 is 0. The molecular weight excluding hydrogens is 212 g/mol. The van der Waals surface area contributed by atoms with Crippen molar-refractivity contribution in [2.75, 3.05) is 13.2 Å². The van der Waals surface area contributed by atoms with E-state index in [2.05, 4.69) is 25.2 Å². The highest BCUT2D eigenvalue weighted by molar-refractivity contribution is 5.31. The van der Waals surface area contributed by atoms with Crippen LogP contribution < -0.4 is 5.32 Å². The molecule has 0 spiro atoms. The number of rotatable bonds is 6. The van der Waals surface area contributed by atoms with E-state index in [4.69, 9.17) is 10.4 Å². The monoisotopic (exact) mass is 232 g/mol. The van der Waals surface area contributed by atoms with Crippen molar-refractivity contribution >= 4 is 0 Å². The van der Waals surface area contributed by atoms with Crippen LogP contribution in [0.2, 0.25) is 0 Å². The zero-order chi connectivity index (χ0) is 12.7. The first-order valence-electron chi connectivity index (χ1n) is 5.88. The molecule has 0 atom stereocenters. The third kappa shape index (κ3) is 4.99. The predicted molar refractivity (Wildman–Crippen MR) is 68.3 cm³/mol. The molecule has 0 aliphatic heterocycles. The first kappa shape index (κ1) is 13.7. The zero-order valence-corrected chi connectivity index (χ0v) is 10.5. The summed E-state index contributed by atoms with van der Waals surface area (Å²) in [5, 5.41) is 21.0. The van der Waals surface area contributed by atoms with E-state index >= 15 is 0 Å². The molecule has 0 aliphatic rings. The number of aliphatic hydroxyl groups excluding tert-OH is 1. The van der Waals surface area contributed by atoms with Crippen LogP contribution in [0.15, 0.2) is 24.3 Å². The molecule has 0 amide bonds. The molecule has 3 nitrogen and oxygen atoms in total. The molecule has 2 N–H and O–H groups in total.